The Hall–Kier alpha value is -1.43. The van der Waals surface area contributed by atoms with E-state index in [-0.39, 0.29) is 11.5 Å². The van der Waals surface area contributed by atoms with Crippen LogP contribution in [0.2, 0.25) is 0 Å². The summed E-state index contributed by atoms with van der Waals surface area (Å²) in [5.41, 5.74) is -1.63. The number of benzene rings is 1. The van der Waals surface area contributed by atoms with Crippen LogP contribution >= 0.6 is 0 Å². The van der Waals surface area contributed by atoms with Gasteiger partial charge in [-0.1, -0.05) is 25.3 Å². The Morgan fingerprint density at radius 2 is 1.81 bits per heavy atom. The monoisotopic (exact) mass is 304 g/mol. The normalized spacial score (nSPS) is 18.5. The highest BCUT2D eigenvalue weighted by Gasteiger charge is 2.35. The zero-order chi connectivity index (χ0) is 15.6. The Labute approximate surface area is 119 Å². The van der Waals surface area contributed by atoms with Crippen molar-refractivity contribution in [1.29, 1.82) is 0 Å². The number of ketones is 1. The first-order valence-electron chi connectivity index (χ1n) is 6.89. The van der Waals surface area contributed by atoms with E-state index in [2.05, 4.69) is 0 Å². The van der Waals surface area contributed by atoms with Crippen LogP contribution in [0.3, 0.4) is 0 Å². The van der Waals surface area contributed by atoms with Gasteiger partial charge in [-0.15, -0.1) is 0 Å². The van der Waals surface area contributed by atoms with E-state index in [0.717, 1.165) is 25.3 Å². The van der Waals surface area contributed by atoms with E-state index in [0.29, 0.717) is 25.0 Å². The molecule has 6 heteroatoms. The van der Waals surface area contributed by atoms with Crippen LogP contribution in [-0.4, -0.2) is 17.0 Å². The summed E-state index contributed by atoms with van der Waals surface area (Å²) in [7, 11) is 0. The Morgan fingerprint density at radius 3 is 2.33 bits per heavy atom. The van der Waals surface area contributed by atoms with Crippen LogP contribution in [0.4, 0.5) is 17.6 Å². The molecule has 2 nitrogen and oxygen atoms in total. The van der Waals surface area contributed by atoms with Crippen LogP contribution in [0.5, 0.6) is 0 Å². The van der Waals surface area contributed by atoms with Gasteiger partial charge < -0.3 is 5.11 Å². The van der Waals surface area contributed by atoms with Crippen molar-refractivity contribution >= 4 is 5.78 Å². The van der Waals surface area contributed by atoms with Crippen molar-refractivity contribution in [2.45, 2.75) is 44.4 Å². The number of hydrogen-bond acceptors (Lipinski definition) is 2. The lowest BCUT2D eigenvalue weighted by Crippen LogP contribution is -2.31. The first-order chi connectivity index (χ1) is 9.80. The highest BCUT2D eigenvalue weighted by atomic mass is 19.4. The Balaban J connectivity index is 2.17. The number of aliphatic hydroxyl groups is 1. The molecule has 1 fully saturated rings. The molecule has 1 aromatic rings. The second kappa shape index (κ2) is 6.13. The summed E-state index contributed by atoms with van der Waals surface area (Å²) in [4.78, 5) is 12.1. The third-order valence-electron chi connectivity index (χ3n) is 3.92. The second-order valence-electron chi connectivity index (χ2n) is 5.40. The fourth-order valence-corrected chi connectivity index (χ4v) is 2.73. The number of hydrogen-bond donors (Lipinski definition) is 1. The molecule has 2 rings (SSSR count). The van der Waals surface area contributed by atoms with Gasteiger partial charge in [-0.3, -0.25) is 4.79 Å². The summed E-state index contributed by atoms with van der Waals surface area (Å²) in [5.74, 6) is -2.41. The number of halogens is 4. The topological polar surface area (TPSA) is 37.3 Å². The zero-order valence-electron chi connectivity index (χ0n) is 11.3. The molecule has 0 spiro atoms. The molecular weight excluding hydrogens is 288 g/mol. The molecule has 0 radical (unpaired) electrons. The fourth-order valence-electron chi connectivity index (χ4n) is 2.73. The number of Topliss-reactive ketones (excluding diaryl/α,β-unsaturated/α-hetero) is 1. The number of aliphatic hydroxyl groups excluding tert-OH is 1. The predicted molar refractivity (Wildman–Crippen MR) is 68.3 cm³/mol. The van der Waals surface area contributed by atoms with Crippen molar-refractivity contribution in [3.63, 3.8) is 0 Å². The molecule has 1 aliphatic rings. The van der Waals surface area contributed by atoms with Crippen molar-refractivity contribution in [2.24, 2.45) is 5.92 Å². The van der Waals surface area contributed by atoms with Gasteiger partial charge in [-0.05, 0) is 30.9 Å². The van der Waals surface area contributed by atoms with Crippen LogP contribution < -0.4 is 0 Å². The van der Waals surface area contributed by atoms with Crippen LogP contribution in [0.1, 0.15) is 48.0 Å². The van der Waals surface area contributed by atoms with E-state index >= 15 is 0 Å². The van der Waals surface area contributed by atoms with Crippen LogP contribution in [0, 0.1) is 11.7 Å². The van der Waals surface area contributed by atoms with Crippen LogP contribution in [-0.2, 0) is 6.18 Å². The first-order valence-corrected chi connectivity index (χ1v) is 6.89. The van der Waals surface area contributed by atoms with Gasteiger partial charge in [0.15, 0.2) is 5.78 Å². The maximum Gasteiger partial charge on any atom is 0.419 e. The van der Waals surface area contributed by atoms with Gasteiger partial charge >= 0.3 is 6.18 Å². The minimum atomic E-state index is -4.80. The van der Waals surface area contributed by atoms with Crippen molar-refractivity contribution < 1.29 is 27.5 Å². The van der Waals surface area contributed by atoms with Gasteiger partial charge in [0, 0.05) is 5.56 Å². The summed E-state index contributed by atoms with van der Waals surface area (Å²) >= 11 is 0. The van der Waals surface area contributed by atoms with Crippen molar-refractivity contribution in [1.82, 2.24) is 0 Å². The molecule has 1 aliphatic carbocycles. The minimum Gasteiger partial charge on any atom is -0.385 e. The Bertz CT molecular complexity index is 519. The van der Waals surface area contributed by atoms with E-state index in [1.54, 1.807) is 0 Å². The molecule has 0 bridgehead atoms. The largest absolute Gasteiger partial charge is 0.419 e. The average Bonchev–Trinajstić information content (AvgIpc) is 2.45. The standard InChI is InChI=1S/C15H16F4O2/c16-12-8-10(6-7-11(12)15(17,18)19)14(21)13(20)9-4-2-1-3-5-9/h6-9,13,20H,1-5H2. The van der Waals surface area contributed by atoms with E-state index in [1.807, 2.05) is 0 Å². The second-order valence-corrected chi connectivity index (χ2v) is 5.40. The lowest BCUT2D eigenvalue weighted by atomic mass is 9.82. The Kier molecular flexibility index (Phi) is 4.66. The van der Waals surface area contributed by atoms with Gasteiger partial charge in [0.05, 0.1) is 5.56 Å². The van der Waals surface area contributed by atoms with Crippen LogP contribution in [0.25, 0.3) is 0 Å². The molecule has 1 saturated carbocycles. The lowest BCUT2D eigenvalue weighted by molar-refractivity contribution is -0.140. The average molecular weight is 304 g/mol. The molecule has 0 amide bonds. The molecule has 21 heavy (non-hydrogen) atoms. The zero-order valence-corrected chi connectivity index (χ0v) is 11.3. The highest BCUT2D eigenvalue weighted by Crippen LogP contribution is 2.32. The van der Waals surface area contributed by atoms with Gasteiger partial charge in [0.1, 0.15) is 11.9 Å². The molecule has 0 heterocycles. The first kappa shape index (κ1) is 15.9. The van der Waals surface area contributed by atoms with E-state index in [9.17, 15) is 27.5 Å². The molecule has 1 atom stereocenters. The van der Waals surface area contributed by atoms with Crippen molar-refractivity contribution in [2.75, 3.05) is 0 Å². The predicted octanol–water partition coefficient (Wildman–Crippen LogP) is 3.97. The molecule has 1 unspecified atom stereocenters. The summed E-state index contributed by atoms with van der Waals surface area (Å²) < 4.78 is 50.8. The van der Waals surface area contributed by atoms with Gasteiger partial charge in [-0.2, -0.15) is 13.2 Å². The third kappa shape index (κ3) is 3.61. The summed E-state index contributed by atoms with van der Waals surface area (Å²) in [5, 5.41) is 10.0. The lowest BCUT2D eigenvalue weighted by Gasteiger charge is -2.25. The molecule has 1 N–H and O–H groups in total. The SMILES string of the molecule is O=C(c1ccc(C(F)(F)F)c(F)c1)C(O)C1CCCCC1. The number of carbonyl (C=O) groups is 1. The quantitative estimate of drug-likeness (QED) is 0.678. The fraction of sp³-hybridized carbons (Fsp3) is 0.533. The molecule has 0 saturated heterocycles. The molecule has 0 aliphatic heterocycles. The van der Waals surface area contributed by atoms with E-state index < -0.39 is 29.4 Å². The smallest absolute Gasteiger partial charge is 0.385 e. The molecule has 0 aromatic heterocycles. The highest BCUT2D eigenvalue weighted by molar-refractivity contribution is 5.99. The van der Waals surface area contributed by atoms with Gasteiger partial charge in [-0.25, -0.2) is 4.39 Å². The van der Waals surface area contributed by atoms with E-state index in [1.165, 1.54) is 0 Å². The third-order valence-corrected chi connectivity index (χ3v) is 3.92. The number of alkyl halides is 3. The van der Waals surface area contributed by atoms with E-state index in [4.69, 9.17) is 0 Å². The van der Waals surface area contributed by atoms with Crippen molar-refractivity contribution in [3.8, 4) is 0 Å². The summed E-state index contributed by atoms with van der Waals surface area (Å²) in [6, 6.07) is 2.01. The molecule has 1 aromatic carbocycles. The summed E-state index contributed by atoms with van der Waals surface area (Å²) in [6.45, 7) is 0. The van der Waals surface area contributed by atoms with Gasteiger partial charge in [0.25, 0.3) is 0 Å². The van der Waals surface area contributed by atoms with Gasteiger partial charge in [0.2, 0.25) is 0 Å². The Morgan fingerprint density at radius 1 is 1.19 bits per heavy atom. The maximum absolute atomic E-state index is 13.5. The number of rotatable bonds is 3. The van der Waals surface area contributed by atoms with Crippen molar-refractivity contribution in [3.05, 3.63) is 35.1 Å². The molecular formula is C15H16F4O2. The molecule has 116 valence electrons. The summed E-state index contributed by atoms with van der Waals surface area (Å²) in [6.07, 6.45) is -1.79. The maximum atomic E-state index is 13.5. The number of carbonyl (C=O) groups excluding carboxylic acids is 1. The van der Waals surface area contributed by atoms with Crippen LogP contribution in [0.15, 0.2) is 18.2 Å². The minimum absolute atomic E-state index is 0.198.